The Morgan fingerprint density at radius 1 is 0.415 bits per heavy atom. The number of halogens is 3. The molecule has 0 saturated heterocycles. The van der Waals surface area contributed by atoms with Crippen molar-refractivity contribution in [2.24, 2.45) is 0 Å². The molecule has 3 nitrogen and oxygen atoms in total. The second-order valence-electron chi connectivity index (χ2n) is 17.0. The first kappa shape index (κ1) is 39.7. The van der Waals surface area contributed by atoms with E-state index in [1.165, 1.54) is 17.2 Å². The van der Waals surface area contributed by atoms with Crippen LogP contribution in [0.15, 0.2) is 188 Å². The normalized spacial score (nSPS) is 11.8. The predicted molar refractivity (Wildman–Crippen MR) is 261 cm³/mol. The van der Waals surface area contributed by atoms with Crippen LogP contribution in [0, 0.1) is 32.1 Å². The summed E-state index contributed by atoms with van der Waals surface area (Å²) < 4.78 is 46.8. The van der Waals surface area contributed by atoms with E-state index < -0.39 is 11.7 Å². The van der Waals surface area contributed by atoms with Crippen molar-refractivity contribution < 1.29 is 13.2 Å². The lowest BCUT2D eigenvalue weighted by molar-refractivity contribution is -0.137. The Kier molecular flexibility index (Phi) is 9.34. The third-order valence-electron chi connectivity index (χ3n) is 12.8. The van der Waals surface area contributed by atoms with E-state index in [1.807, 2.05) is 36.4 Å². The lowest BCUT2D eigenvalue weighted by Crippen LogP contribution is -2.05. The number of nitriles is 1. The molecule has 11 aromatic rings. The minimum Gasteiger partial charge on any atom is -0.309 e. The van der Waals surface area contributed by atoms with Gasteiger partial charge in [-0.1, -0.05) is 120 Å². The summed E-state index contributed by atoms with van der Waals surface area (Å²) in [7, 11) is 0. The molecule has 0 aliphatic rings. The molecule has 0 aliphatic heterocycles. The summed E-state index contributed by atoms with van der Waals surface area (Å²) in [6.07, 6.45) is -4.49. The fraction of sp³-hybridized carbons (Fsp3) is 0.0678. The second kappa shape index (κ2) is 15.3. The first-order valence-corrected chi connectivity index (χ1v) is 21.6. The maximum absolute atomic E-state index is 14.1. The molecule has 0 bridgehead atoms. The topological polar surface area (TPSA) is 33.6 Å². The zero-order chi connectivity index (χ0) is 44.6. The molecule has 0 amide bonds. The molecule has 0 radical (unpaired) electrons. The maximum atomic E-state index is 14.1. The highest BCUT2D eigenvalue weighted by Crippen LogP contribution is 2.45. The third kappa shape index (κ3) is 6.76. The molecular weight excluding hydrogens is 808 g/mol. The van der Waals surface area contributed by atoms with E-state index in [1.54, 1.807) is 13.0 Å². The predicted octanol–water partition coefficient (Wildman–Crippen LogP) is 16.4. The lowest BCUT2D eigenvalue weighted by Gasteiger charge is -2.20. The summed E-state index contributed by atoms with van der Waals surface area (Å²) in [6.45, 7) is 5.93. The minimum atomic E-state index is -4.49. The van der Waals surface area contributed by atoms with Crippen LogP contribution in [-0.4, -0.2) is 9.13 Å². The van der Waals surface area contributed by atoms with Crippen molar-refractivity contribution in [3.8, 4) is 62.0 Å². The van der Waals surface area contributed by atoms with Gasteiger partial charge in [0.1, 0.15) is 0 Å². The lowest BCUT2D eigenvalue weighted by atomic mass is 9.89. The summed E-state index contributed by atoms with van der Waals surface area (Å²) in [5, 5.41) is 14.8. The van der Waals surface area contributed by atoms with Gasteiger partial charge in [-0.2, -0.15) is 18.4 Å². The van der Waals surface area contributed by atoms with Crippen LogP contribution in [-0.2, 0) is 6.18 Å². The van der Waals surface area contributed by atoms with Gasteiger partial charge in [-0.05, 0) is 144 Å². The number of aryl methyl sites for hydroxylation is 3. The van der Waals surface area contributed by atoms with Gasteiger partial charge < -0.3 is 9.13 Å². The zero-order valence-electron chi connectivity index (χ0n) is 35.9. The summed E-state index contributed by atoms with van der Waals surface area (Å²) >= 11 is 0. The number of para-hydroxylation sites is 2. The molecule has 0 atom stereocenters. The van der Waals surface area contributed by atoms with E-state index in [-0.39, 0.29) is 0 Å². The van der Waals surface area contributed by atoms with E-state index in [0.717, 1.165) is 100.0 Å². The highest BCUT2D eigenvalue weighted by Gasteiger charge is 2.31. The van der Waals surface area contributed by atoms with Crippen molar-refractivity contribution in [1.82, 2.24) is 9.13 Å². The fourth-order valence-electron chi connectivity index (χ4n) is 9.78. The molecule has 65 heavy (non-hydrogen) atoms. The van der Waals surface area contributed by atoms with Gasteiger partial charge in [-0.25, -0.2) is 0 Å². The molecule has 9 aromatic carbocycles. The van der Waals surface area contributed by atoms with Gasteiger partial charge in [-0.3, -0.25) is 0 Å². The molecular formula is C59H40F3N3. The number of alkyl halides is 3. The molecule has 312 valence electrons. The van der Waals surface area contributed by atoms with Crippen molar-refractivity contribution >= 4 is 43.6 Å². The molecule has 0 N–H and O–H groups in total. The number of hydrogen-bond donors (Lipinski definition) is 0. The molecule has 2 heterocycles. The molecule has 0 spiro atoms. The van der Waals surface area contributed by atoms with Crippen molar-refractivity contribution in [1.29, 1.82) is 5.26 Å². The van der Waals surface area contributed by atoms with Crippen LogP contribution in [0.5, 0.6) is 0 Å². The van der Waals surface area contributed by atoms with Gasteiger partial charge in [0.05, 0.1) is 45.0 Å². The van der Waals surface area contributed by atoms with E-state index in [2.05, 4.69) is 163 Å². The Hall–Kier alpha value is -8.14. The highest BCUT2D eigenvalue weighted by atomic mass is 19.4. The van der Waals surface area contributed by atoms with Gasteiger partial charge in [0.25, 0.3) is 0 Å². The quantitative estimate of drug-likeness (QED) is 0.164. The van der Waals surface area contributed by atoms with E-state index in [9.17, 15) is 18.4 Å². The summed E-state index contributed by atoms with van der Waals surface area (Å²) in [5.41, 5.74) is 15.8. The average Bonchev–Trinajstić information content (AvgIpc) is 3.83. The van der Waals surface area contributed by atoms with Crippen LogP contribution in [0.4, 0.5) is 13.2 Å². The van der Waals surface area contributed by atoms with Crippen molar-refractivity contribution in [3.05, 3.63) is 216 Å². The first-order valence-electron chi connectivity index (χ1n) is 21.6. The zero-order valence-corrected chi connectivity index (χ0v) is 35.9. The van der Waals surface area contributed by atoms with Gasteiger partial charge in [0, 0.05) is 32.8 Å². The summed E-state index contributed by atoms with van der Waals surface area (Å²) in [6, 6.07) is 65.2. The molecule has 11 rings (SSSR count). The Labute approximate surface area is 374 Å². The Morgan fingerprint density at radius 3 is 1.55 bits per heavy atom. The first-order chi connectivity index (χ1) is 31.5. The Bertz CT molecular complexity index is 3760. The molecule has 0 saturated carbocycles. The van der Waals surface area contributed by atoms with Gasteiger partial charge in [-0.15, -0.1) is 0 Å². The van der Waals surface area contributed by atoms with Crippen LogP contribution in [0.2, 0.25) is 0 Å². The highest BCUT2D eigenvalue weighted by molar-refractivity contribution is 6.12. The summed E-state index contributed by atoms with van der Waals surface area (Å²) in [4.78, 5) is 0. The van der Waals surface area contributed by atoms with Crippen LogP contribution >= 0.6 is 0 Å². The smallest absolute Gasteiger partial charge is 0.309 e. The van der Waals surface area contributed by atoms with Crippen molar-refractivity contribution in [2.45, 2.75) is 26.9 Å². The van der Waals surface area contributed by atoms with Gasteiger partial charge in [0.2, 0.25) is 0 Å². The number of aromatic nitrogens is 2. The maximum Gasteiger partial charge on any atom is 0.416 e. The number of nitrogens with zero attached hydrogens (tertiary/aromatic N) is 3. The van der Waals surface area contributed by atoms with Crippen LogP contribution in [0.3, 0.4) is 0 Å². The van der Waals surface area contributed by atoms with Crippen molar-refractivity contribution in [3.63, 3.8) is 0 Å². The third-order valence-corrected chi connectivity index (χ3v) is 12.8. The SMILES string of the molecule is Cc1cccc(-c2ccc3c(c2)c2ccccc2n3-c2ccc(-c3ccc(C(F)(F)F)cc3C)c(-c3cc(C#N)ccc3-n3c4ccccc4c4cc(-c5cccc(C)c5)ccc43)c2)c1. The monoisotopic (exact) mass is 847 g/mol. The standard InChI is InChI=1S/C59H40F3N3/c1-36-10-8-12-40(28-36)42-19-26-56-52(32-42)48-14-4-6-16-54(48)64(56)45-22-24-47(46-23-21-44(30-38(46)3)59(60,61)62)50(34-45)51-31-39(35-63)18-25-57(51)65-55-17-7-5-15-49(55)53-33-43(20-27-58(53)65)41-13-9-11-37(2)29-41/h4-34H,1-3H3. The largest absolute Gasteiger partial charge is 0.416 e. The van der Waals surface area contributed by atoms with Crippen LogP contribution in [0.1, 0.15) is 27.8 Å². The minimum absolute atomic E-state index is 0.465. The van der Waals surface area contributed by atoms with E-state index >= 15 is 0 Å². The van der Waals surface area contributed by atoms with Gasteiger partial charge in [0.15, 0.2) is 0 Å². The van der Waals surface area contributed by atoms with Crippen LogP contribution < -0.4 is 0 Å². The average molecular weight is 848 g/mol. The molecule has 6 heteroatoms. The van der Waals surface area contributed by atoms with Gasteiger partial charge >= 0.3 is 6.18 Å². The van der Waals surface area contributed by atoms with E-state index in [4.69, 9.17) is 0 Å². The summed E-state index contributed by atoms with van der Waals surface area (Å²) in [5.74, 6) is 0. The number of hydrogen-bond acceptors (Lipinski definition) is 1. The van der Waals surface area contributed by atoms with E-state index in [0.29, 0.717) is 16.7 Å². The Morgan fingerprint density at radius 2 is 0.969 bits per heavy atom. The molecule has 0 unspecified atom stereocenters. The fourth-order valence-corrected chi connectivity index (χ4v) is 9.78. The Balaban J connectivity index is 1.19. The number of fused-ring (bicyclic) bond motifs is 6. The number of rotatable bonds is 6. The van der Waals surface area contributed by atoms with Crippen molar-refractivity contribution in [2.75, 3.05) is 0 Å². The molecule has 0 aliphatic carbocycles. The molecule has 0 fully saturated rings. The van der Waals surface area contributed by atoms with Crippen LogP contribution in [0.25, 0.3) is 99.5 Å². The molecule has 2 aromatic heterocycles. The second-order valence-corrected chi connectivity index (χ2v) is 17.0. The number of benzene rings is 9.